The van der Waals surface area contributed by atoms with Gasteiger partial charge in [-0.1, -0.05) is 17.7 Å². The molecule has 2 aromatic carbocycles. The molecule has 2 N–H and O–H groups in total. The van der Waals surface area contributed by atoms with E-state index < -0.39 is 0 Å². The van der Waals surface area contributed by atoms with Crippen LogP contribution in [-0.2, 0) is 0 Å². The topological polar surface area (TPSA) is 63.2 Å². The summed E-state index contributed by atoms with van der Waals surface area (Å²) >= 11 is 5.99. The Morgan fingerprint density at radius 2 is 1.81 bits per heavy atom. The van der Waals surface area contributed by atoms with Gasteiger partial charge in [-0.3, -0.25) is 4.79 Å². The Balaban J connectivity index is 1.65. The van der Waals surface area contributed by atoms with Crippen LogP contribution in [0.25, 0.3) is 0 Å². The van der Waals surface area contributed by atoms with Gasteiger partial charge in [0.1, 0.15) is 11.4 Å². The van der Waals surface area contributed by atoms with Crippen LogP contribution in [-0.4, -0.2) is 17.5 Å². The minimum Gasteiger partial charge on any atom is -0.494 e. The van der Waals surface area contributed by atoms with Gasteiger partial charge in [0.2, 0.25) is 0 Å². The summed E-state index contributed by atoms with van der Waals surface area (Å²) in [6.45, 7) is 4.49. The van der Waals surface area contributed by atoms with Gasteiger partial charge in [0.05, 0.1) is 18.5 Å². The van der Waals surface area contributed by atoms with Crippen molar-refractivity contribution in [3.05, 3.63) is 77.1 Å². The number of pyridine rings is 1. The van der Waals surface area contributed by atoms with Crippen molar-refractivity contribution >= 4 is 34.6 Å². The van der Waals surface area contributed by atoms with Crippen molar-refractivity contribution in [1.29, 1.82) is 0 Å². The third-order valence-corrected chi connectivity index (χ3v) is 4.13. The van der Waals surface area contributed by atoms with E-state index in [-0.39, 0.29) is 5.91 Å². The van der Waals surface area contributed by atoms with Gasteiger partial charge < -0.3 is 15.4 Å². The molecule has 138 valence electrons. The van der Waals surface area contributed by atoms with Crippen LogP contribution in [0.15, 0.2) is 60.8 Å². The fourth-order valence-corrected chi connectivity index (χ4v) is 2.66. The van der Waals surface area contributed by atoms with Gasteiger partial charge in [-0.05, 0) is 67.9 Å². The molecule has 1 heterocycles. The summed E-state index contributed by atoms with van der Waals surface area (Å²) in [6, 6.07) is 16.5. The molecule has 5 nitrogen and oxygen atoms in total. The number of benzene rings is 2. The highest BCUT2D eigenvalue weighted by Gasteiger charge is 2.10. The van der Waals surface area contributed by atoms with Crippen molar-refractivity contribution in [2.24, 2.45) is 0 Å². The second-order valence-corrected chi connectivity index (χ2v) is 6.36. The summed E-state index contributed by atoms with van der Waals surface area (Å²) in [5.74, 6) is 0.539. The molecule has 0 aliphatic rings. The first-order chi connectivity index (χ1) is 13.0. The van der Waals surface area contributed by atoms with Gasteiger partial charge >= 0.3 is 0 Å². The van der Waals surface area contributed by atoms with E-state index in [2.05, 4.69) is 15.6 Å². The fourth-order valence-electron chi connectivity index (χ4n) is 2.49. The summed E-state index contributed by atoms with van der Waals surface area (Å²) in [4.78, 5) is 16.6. The van der Waals surface area contributed by atoms with Crippen molar-refractivity contribution in [2.75, 3.05) is 17.2 Å². The minimum absolute atomic E-state index is 0.284. The van der Waals surface area contributed by atoms with E-state index in [1.807, 2.05) is 50.2 Å². The highest BCUT2D eigenvalue weighted by atomic mass is 35.5. The number of hydrogen-bond donors (Lipinski definition) is 2. The maximum atomic E-state index is 12.4. The second kappa shape index (κ2) is 8.56. The Morgan fingerprint density at radius 3 is 2.48 bits per heavy atom. The first kappa shape index (κ1) is 18.7. The molecule has 0 saturated carbocycles. The van der Waals surface area contributed by atoms with Crippen LogP contribution >= 0.6 is 11.6 Å². The van der Waals surface area contributed by atoms with Crippen molar-refractivity contribution < 1.29 is 9.53 Å². The molecule has 0 atom stereocenters. The fraction of sp³-hybridized carbons (Fsp3) is 0.143. The molecule has 0 radical (unpaired) electrons. The van der Waals surface area contributed by atoms with Crippen molar-refractivity contribution in [3.8, 4) is 5.75 Å². The van der Waals surface area contributed by atoms with Crippen molar-refractivity contribution in [2.45, 2.75) is 13.8 Å². The number of ether oxygens (including phenoxy) is 1. The highest BCUT2D eigenvalue weighted by molar-refractivity contribution is 6.31. The lowest BCUT2D eigenvalue weighted by Crippen LogP contribution is -2.14. The molecule has 0 unspecified atom stereocenters. The van der Waals surface area contributed by atoms with Gasteiger partial charge in [0.15, 0.2) is 0 Å². The predicted octanol–water partition coefficient (Wildman–Crippen LogP) is 5.44. The molecule has 1 amide bonds. The molecular weight excluding hydrogens is 362 g/mol. The number of rotatable bonds is 6. The van der Waals surface area contributed by atoms with E-state index in [1.54, 1.807) is 24.4 Å². The number of hydrogen-bond acceptors (Lipinski definition) is 4. The number of aromatic nitrogens is 1. The molecule has 0 aliphatic heterocycles. The molecule has 6 heteroatoms. The zero-order valence-electron chi connectivity index (χ0n) is 15.1. The Labute approximate surface area is 163 Å². The van der Waals surface area contributed by atoms with E-state index in [1.165, 1.54) is 0 Å². The van der Waals surface area contributed by atoms with E-state index in [0.717, 1.165) is 22.7 Å². The van der Waals surface area contributed by atoms with Gasteiger partial charge in [-0.2, -0.15) is 0 Å². The van der Waals surface area contributed by atoms with Crippen LogP contribution in [0.5, 0.6) is 5.75 Å². The van der Waals surface area contributed by atoms with Crippen LogP contribution in [0.4, 0.5) is 17.1 Å². The number of amides is 1. The molecule has 1 aromatic heterocycles. The molecule has 0 spiro atoms. The lowest BCUT2D eigenvalue weighted by molar-refractivity contribution is 0.102. The summed E-state index contributed by atoms with van der Waals surface area (Å²) in [5, 5.41) is 6.64. The van der Waals surface area contributed by atoms with Crippen LogP contribution in [0, 0.1) is 6.92 Å². The van der Waals surface area contributed by atoms with E-state index in [4.69, 9.17) is 16.3 Å². The molecular formula is C21H20ClN3O2. The van der Waals surface area contributed by atoms with E-state index in [0.29, 0.717) is 23.0 Å². The van der Waals surface area contributed by atoms with Crippen LogP contribution < -0.4 is 15.4 Å². The second-order valence-electron chi connectivity index (χ2n) is 5.93. The Kier molecular flexibility index (Phi) is 5.94. The Morgan fingerprint density at radius 1 is 1.07 bits per heavy atom. The lowest BCUT2D eigenvalue weighted by Gasteiger charge is -2.10. The number of aryl methyl sites for hydroxylation is 1. The maximum absolute atomic E-state index is 12.4. The zero-order valence-corrected chi connectivity index (χ0v) is 15.9. The number of carbonyl (C=O) groups excluding carboxylic acids is 1. The Bertz CT molecular complexity index is 925. The summed E-state index contributed by atoms with van der Waals surface area (Å²) in [5.41, 5.74) is 3.63. The zero-order chi connectivity index (χ0) is 19.2. The standard InChI is InChI=1S/C21H20ClN3O2/c1-3-27-18-9-6-16(7-10-18)24-17-8-11-19(23-13-17)21(26)25-20-12-15(22)5-4-14(20)2/h4-13,24H,3H2,1-2H3,(H,25,26). The molecule has 0 bridgehead atoms. The number of carbonyl (C=O) groups is 1. The van der Waals surface area contributed by atoms with E-state index >= 15 is 0 Å². The normalized spacial score (nSPS) is 10.3. The highest BCUT2D eigenvalue weighted by Crippen LogP contribution is 2.22. The van der Waals surface area contributed by atoms with Gasteiger partial charge in [-0.25, -0.2) is 4.98 Å². The van der Waals surface area contributed by atoms with Crippen LogP contribution in [0.1, 0.15) is 23.0 Å². The van der Waals surface area contributed by atoms with E-state index in [9.17, 15) is 4.79 Å². The quantitative estimate of drug-likeness (QED) is 0.597. The molecule has 3 aromatic rings. The largest absolute Gasteiger partial charge is 0.494 e. The van der Waals surface area contributed by atoms with Gasteiger partial charge in [-0.15, -0.1) is 0 Å². The SMILES string of the molecule is CCOc1ccc(Nc2ccc(C(=O)Nc3cc(Cl)ccc3C)nc2)cc1. The van der Waals surface area contributed by atoms with Crippen molar-refractivity contribution in [3.63, 3.8) is 0 Å². The smallest absolute Gasteiger partial charge is 0.274 e. The maximum Gasteiger partial charge on any atom is 0.274 e. The lowest BCUT2D eigenvalue weighted by atomic mass is 10.2. The molecule has 3 rings (SSSR count). The predicted molar refractivity (Wildman–Crippen MR) is 109 cm³/mol. The number of halogens is 1. The average molecular weight is 382 g/mol. The van der Waals surface area contributed by atoms with Gasteiger partial charge in [0.25, 0.3) is 5.91 Å². The molecule has 27 heavy (non-hydrogen) atoms. The third kappa shape index (κ3) is 4.99. The third-order valence-electron chi connectivity index (χ3n) is 3.90. The summed E-state index contributed by atoms with van der Waals surface area (Å²) in [7, 11) is 0. The number of nitrogens with zero attached hydrogens (tertiary/aromatic N) is 1. The van der Waals surface area contributed by atoms with Crippen LogP contribution in [0.3, 0.4) is 0 Å². The Hall–Kier alpha value is -3.05. The molecule has 0 saturated heterocycles. The van der Waals surface area contributed by atoms with Crippen LogP contribution in [0.2, 0.25) is 5.02 Å². The first-order valence-electron chi connectivity index (χ1n) is 8.58. The average Bonchev–Trinajstić information content (AvgIpc) is 2.67. The van der Waals surface area contributed by atoms with Gasteiger partial charge in [0, 0.05) is 16.4 Å². The van der Waals surface area contributed by atoms with Crippen molar-refractivity contribution in [1.82, 2.24) is 4.98 Å². The monoisotopic (exact) mass is 381 g/mol. The number of nitrogens with one attached hydrogen (secondary N) is 2. The number of anilines is 3. The molecule has 0 fully saturated rings. The first-order valence-corrected chi connectivity index (χ1v) is 8.96. The molecule has 0 aliphatic carbocycles. The summed E-state index contributed by atoms with van der Waals surface area (Å²) in [6.07, 6.45) is 1.62. The summed E-state index contributed by atoms with van der Waals surface area (Å²) < 4.78 is 5.42. The minimum atomic E-state index is -0.284.